The van der Waals surface area contributed by atoms with Crippen molar-refractivity contribution < 1.29 is 14.3 Å². The number of Topliss-reactive ketones (excluding diaryl/α,β-unsaturated/α-hetero) is 1. The number of ketones is 1. The largest absolute Gasteiger partial charge is 0.449 e. The molecule has 1 atom stereocenters. The summed E-state index contributed by atoms with van der Waals surface area (Å²) in [6.07, 6.45) is -0.280. The number of aromatic amines is 1. The summed E-state index contributed by atoms with van der Waals surface area (Å²) in [5, 5.41) is 2.86. The summed E-state index contributed by atoms with van der Waals surface area (Å²) in [4.78, 5) is 30.0. The number of hydrogen-bond acceptors (Lipinski definition) is 5. The molecule has 7 heteroatoms. The summed E-state index contributed by atoms with van der Waals surface area (Å²) in [5.41, 5.74) is 6.73. The molecule has 1 aliphatic rings. The molecule has 0 bridgehead atoms. The highest BCUT2D eigenvalue weighted by molar-refractivity contribution is 7.73. The Hall–Kier alpha value is -4.07. The minimum absolute atomic E-state index is 0.0592. The molecule has 1 amide bonds. The number of fused-ring (bicyclic) bond motifs is 4. The number of para-hydroxylation sites is 1. The van der Waals surface area contributed by atoms with Gasteiger partial charge in [-0.1, -0.05) is 84.9 Å². The highest BCUT2D eigenvalue weighted by atomic mass is 32.1. The zero-order valence-electron chi connectivity index (χ0n) is 20.3. The van der Waals surface area contributed by atoms with Crippen LogP contribution in [-0.4, -0.2) is 29.5 Å². The van der Waals surface area contributed by atoms with Crippen LogP contribution in [0.3, 0.4) is 0 Å². The normalized spacial score (nSPS) is 13.1. The third kappa shape index (κ3) is 4.66. The van der Waals surface area contributed by atoms with Crippen LogP contribution in [0.2, 0.25) is 0 Å². The summed E-state index contributed by atoms with van der Waals surface area (Å²) >= 11 is 6.72. The Morgan fingerprint density at radius 1 is 0.868 bits per heavy atom. The Bertz CT molecular complexity index is 1660. The van der Waals surface area contributed by atoms with E-state index in [4.69, 9.17) is 17.0 Å². The molecule has 5 nitrogen and oxygen atoms in total. The molecular formula is C31H24N2O3S2. The van der Waals surface area contributed by atoms with Crippen molar-refractivity contribution in [1.29, 1.82) is 0 Å². The van der Waals surface area contributed by atoms with Gasteiger partial charge in [0, 0.05) is 17.9 Å². The summed E-state index contributed by atoms with van der Waals surface area (Å²) in [6.45, 7) is 0.180. The molecule has 0 spiro atoms. The summed E-state index contributed by atoms with van der Waals surface area (Å²) < 4.78 is 7.27. The van der Waals surface area contributed by atoms with Gasteiger partial charge in [-0.2, -0.15) is 0 Å². The quantitative estimate of drug-likeness (QED) is 0.169. The van der Waals surface area contributed by atoms with Crippen molar-refractivity contribution in [2.45, 2.75) is 18.4 Å². The standard InChI is InChI=1S/C31H24N2O3S2/c34-29(24-15-8-16-27-28(24)33-31(37)38-27)26(17-19-9-2-1-3-10-19)32-30(35)36-18-25-22-13-6-4-11-20(22)21-12-5-7-14-23(21)25/h1-16,25-26H,17-18H2,(H,32,35)(H,33,37)/t26-/m0/s1. The first-order valence-corrected chi connectivity index (χ1v) is 13.6. The first kappa shape index (κ1) is 24.3. The molecule has 2 N–H and O–H groups in total. The number of carbonyl (C=O) groups is 2. The molecule has 6 rings (SSSR count). The molecule has 1 aromatic heterocycles. The SMILES string of the molecule is O=C(N[C@@H](Cc1ccccc1)C(=O)c1cccc2sc(=S)[nH]c12)OCC1c2ccccc2-c2ccccc21. The minimum Gasteiger partial charge on any atom is -0.449 e. The van der Waals surface area contributed by atoms with Crippen molar-refractivity contribution in [2.75, 3.05) is 6.61 Å². The number of thiazole rings is 1. The molecule has 1 aliphatic carbocycles. The van der Waals surface area contributed by atoms with Crippen molar-refractivity contribution in [3.05, 3.63) is 123 Å². The molecular weight excluding hydrogens is 512 g/mol. The number of aromatic nitrogens is 1. The molecule has 0 aliphatic heterocycles. The lowest BCUT2D eigenvalue weighted by molar-refractivity contribution is 0.0920. The fraction of sp³-hybridized carbons (Fsp3) is 0.129. The van der Waals surface area contributed by atoms with Crippen molar-refractivity contribution in [1.82, 2.24) is 10.3 Å². The second-order valence-corrected chi connectivity index (χ2v) is 11.0. The number of H-pyrrole nitrogens is 1. The second kappa shape index (κ2) is 10.4. The predicted octanol–water partition coefficient (Wildman–Crippen LogP) is 7.29. The van der Waals surface area contributed by atoms with Gasteiger partial charge in [0.1, 0.15) is 6.61 Å². The van der Waals surface area contributed by atoms with E-state index in [0.717, 1.165) is 32.5 Å². The Balaban J connectivity index is 1.24. The van der Waals surface area contributed by atoms with E-state index in [-0.39, 0.29) is 18.3 Å². The van der Waals surface area contributed by atoms with Crippen LogP contribution in [0.4, 0.5) is 4.79 Å². The van der Waals surface area contributed by atoms with Gasteiger partial charge >= 0.3 is 6.09 Å². The third-order valence-corrected chi connectivity index (χ3v) is 8.16. The molecule has 38 heavy (non-hydrogen) atoms. The molecule has 1 heterocycles. The average molecular weight is 537 g/mol. The summed E-state index contributed by atoms with van der Waals surface area (Å²) in [6, 6.07) is 30.8. The van der Waals surface area contributed by atoms with Gasteiger partial charge in [0.05, 0.1) is 16.3 Å². The Kier molecular flexibility index (Phi) is 6.62. The van der Waals surface area contributed by atoms with Crippen LogP contribution in [0.5, 0.6) is 0 Å². The highest BCUT2D eigenvalue weighted by Gasteiger charge is 2.30. The van der Waals surface area contributed by atoms with Gasteiger partial charge in [-0.3, -0.25) is 4.79 Å². The number of alkyl carbamates (subject to hydrolysis) is 1. The number of benzene rings is 4. The van der Waals surface area contributed by atoms with Crippen LogP contribution >= 0.6 is 23.6 Å². The van der Waals surface area contributed by atoms with Crippen LogP contribution in [-0.2, 0) is 11.2 Å². The van der Waals surface area contributed by atoms with Crippen molar-refractivity contribution in [3.8, 4) is 11.1 Å². The molecule has 0 unspecified atom stereocenters. The van der Waals surface area contributed by atoms with E-state index in [0.29, 0.717) is 21.5 Å². The van der Waals surface area contributed by atoms with Gasteiger partial charge in [-0.25, -0.2) is 4.79 Å². The Morgan fingerprint density at radius 2 is 1.53 bits per heavy atom. The zero-order chi connectivity index (χ0) is 26.1. The first-order valence-electron chi connectivity index (χ1n) is 12.4. The zero-order valence-corrected chi connectivity index (χ0v) is 22.0. The topological polar surface area (TPSA) is 71.2 Å². The monoisotopic (exact) mass is 536 g/mol. The number of hydrogen-bond donors (Lipinski definition) is 2. The van der Waals surface area contributed by atoms with E-state index < -0.39 is 12.1 Å². The van der Waals surface area contributed by atoms with Crippen LogP contribution in [0, 0.1) is 3.95 Å². The van der Waals surface area contributed by atoms with Crippen molar-refractivity contribution in [2.24, 2.45) is 0 Å². The van der Waals surface area contributed by atoms with E-state index >= 15 is 0 Å². The van der Waals surface area contributed by atoms with Gasteiger partial charge in [0.15, 0.2) is 9.74 Å². The van der Waals surface area contributed by atoms with Crippen molar-refractivity contribution in [3.63, 3.8) is 0 Å². The average Bonchev–Trinajstić information content (AvgIpc) is 3.48. The second-order valence-electron chi connectivity index (χ2n) is 9.27. The van der Waals surface area contributed by atoms with Crippen LogP contribution < -0.4 is 5.32 Å². The lowest BCUT2D eigenvalue weighted by atomic mass is 9.97. The molecule has 0 radical (unpaired) electrons. The fourth-order valence-corrected chi connectivity index (χ4v) is 6.34. The van der Waals surface area contributed by atoms with Crippen LogP contribution in [0.25, 0.3) is 21.3 Å². The first-order chi connectivity index (χ1) is 18.6. The molecule has 188 valence electrons. The Labute approximate surface area is 229 Å². The van der Waals surface area contributed by atoms with E-state index in [1.165, 1.54) is 11.3 Å². The molecule has 5 aromatic rings. The molecule has 0 saturated heterocycles. The number of ether oxygens (including phenoxy) is 1. The van der Waals surface area contributed by atoms with Crippen molar-refractivity contribution >= 4 is 45.6 Å². The number of nitrogens with one attached hydrogen (secondary N) is 2. The third-order valence-electron chi connectivity index (χ3n) is 6.96. The number of carbonyl (C=O) groups excluding carboxylic acids is 2. The number of rotatable bonds is 7. The predicted molar refractivity (Wildman–Crippen MR) is 153 cm³/mol. The van der Waals surface area contributed by atoms with Gasteiger partial charge in [0.2, 0.25) is 0 Å². The maximum Gasteiger partial charge on any atom is 0.407 e. The fourth-order valence-electron chi connectivity index (χ4n) is 5.21. The van der Waals surface area contributed by atoms with E-state index in [9.17, 15) is 9.59 Å². The minimum atomic E-state index is -0.805. The van der Waals surface area contributed by atoms with E-state index in [1.54, 1.807) is 6.07 Å². The summed E-state index contributed by atoms with van der Waals surface area (Å²) in [7, 11) is 0. The summed E-state index contributed by atoms with van der Waals surface area (Å²) in [5.74, 6) is -0.256. The molecule has 4 aromatic carbocycles. The maximum absolute atomic E-state index is 13.8. The maximum atomic E-state index is 13.8. The van der Waals surface area contributed by atoms with E-state index in [1.807, 2.05) is 66.7 Å². The molecule has 0 saturated carbocycles. The highest BCUT2D eigenvalue weighted by Crippen LogP contribution is 2.44. The van der Waals surface area contributed by atoms with Gasteiger partial charge in [-0.05, 0) is 52.2 Å². The molecule has 0 fully saturated rings. The van der Waals surface area contributed by atoms with Gasteiger partial charge < -0.3 is 15.0 Å². The van der Waals surface area contributed by atoms with Gasteiger partial charge in [-0.15, -0.1) is 11.3 Å². The lowest BCUT2D eigenvalue weighted by Crippen LogP contribution is -2.43. The Morgan fingerprint density at radius 3 is 2.24 bits per heavy atom. The van der Waals surface area contributed by atoms with Crippen LogP contribution in [0.15, 0.2) is 97.1 Å². The van der Waals surface area contributed by atoms with Crippen LogP contribution in [0.1, 0.15) is 33.0 Å². The van der Waals surface area contributed by atoms with E-state index in [2.05, 4.69) is 34.6 Å². The number of amides is 1. The smallest absolute Gasteiger partial charge is 0.407 e. The van der Waals surface area contributed by atoms with Gasteiger partial charge in [0.25, 0.3) is 0 Å². The lowest BCUT2D eigenvalue weighted by Gasteiger charge is -2.20.